The molecular weight excluding hydrogens is 262 g/mol. The maximum atomic E-state index is 11.0. The van der Waals surface area contributed by atoms with Crippen molar-refractivity contribution in [3.05, 3.63) is 23.2 Å². The molecule has 2 rings (SSSR count). The van der Waals surface area contributed by atoms with Gasteiger partial charge < -0.3 is 9.84 Å². The van der Waals surface area contributed by atoms with E-state index in [0.29, 0.717) is 12.2 Å². The number of aromatic nitrogens is 1. The number of fused-ring (bicyclic) bond motifs is 1. The molecule has 0 radical (unpaired) electrons. The number of carbonyl (C=O) groups is 1. The Hall–Kier alpha value is -1.62. The number of thiazole rings is 1. The van der Waals surface area contributed by atoms with Gasteiger partial charge in [-0.2, -0.15) is 0 Å². The number of carboxylic acids is 1. The molecule has 0 aliphatic carbocycles. The molecule has 102 valence electrons. The van der Waals surface area contributed by atoms with Gasteiger partial charge in [0.1, 0.15) is 5.75 Å². The second kappa shape index (κ2) is 6.02. The highest BCUT2D eigenvalue weighted by atomic mass is 32.1. The summed E-state index contributed by atoms with van der Waals surface area (Å²) in [6.45, 7) is 3.92. The van der Waals surface area contributed by atoms with E-state index >= 15 is 0 Å². The Morgan fingerprint density at radius 3 is 2.89 bits per heavy atom. The zero-order chi connectivity index (χ0) is 13.8. The van der Waals surface area contributed by atoms with Crippen LogP contribution in [0, 0.1) is 0 Å². The Labute approximate surface area is 116 Å². The highest BCUT2D eigenvalue weighted by Gasteiger charge is 2.17. The minimum atomic E-state index is -0.932. The molecule has 1 atom stereocenters. The van der Waals surface area contributed by atoms with Crippen molar-refractivity contribution in [2.75, 3.05) is 0 Å². The lowest BCUT2D eigenvalue weighted by molar-refractivity contribution is -0.145. The number of benzene rings is 1. The number of rotatable bonds is 6. The number of carboxylic acid groups (broad SMARTS) is 1. The van der Waals surface area contributed by atoms with E-state index in [-0.39, 0.29) is 0 Å². The lowest BCUT2D eigenvalue weighted by atomic mass is 10.2. The topological polar surface area (TPSA) is 59.4 Å². The first-order valence-electron chi connectivity index (χ1n) is 6.43. The molecule has 1 aromatic carbocycles. The monoisotopic (exact) mass is 279 g/mol. The van der Waals surface area contributed by atoms with Crippen LogP contribution >= 0.6 is 11.3 Å². The minimum absolute atomic E-state index is 0.442. The summed E-state index contributed by atoms with van der Waals surface area (Å²) in [5.74, 6) is -0.341. The van der Waals surface area contributed by atoms with E-state index in [4.69, 9.17) is 9.84 Å². The maximum absolute atomic E-state index is 11.0. The van der Waals surface area contributed by atoms with E-state index in [1.807, 2.05) is 12.1 Å². The molecule has 0 bridgehead atoms. The molecule has 0 aliphatic rings. The molecule has 2 aromatic rings. The van der Waals surface area contributed by atoms with Crippen LogP contribution in [0.2, 0.25) is 0 Å². The van der Waals surface area contributed by atoms with Gasteiger partial charge in [-0.05, 0) is 37.5 Å². The number of ether oxygens (including phenoxy) is 1. The minimum Gasteiger partial charge on any atom is -0.479 e. The molecule has 1 unspecified atom stereocenters. The first kappa shape index (κ1) is 13.8. The molecular formula is C14H17NO3S. The Morgan fingerprint density at radius 2 is 2.26 bits per heavy atom. The third-order valence-corrected chi connectivity index (χ3v) is 3.87. The van der Waals surface area contributed by atoms with Crippen LogP contribution in [0.5, 0.6) is 5.75 Å². The Balaban J connectivity index is 2.23. The van der Waals surface area contributed by atoms with Gasteiger partial charge in [0.05, 0.1) is 15.2 Å². The van der Waals surface area contributed by atoms with Crippen molar-refractivity contribution in [1.82, 2.24) is 4.98 Å². The van der Waals surface area contributed by atoms with Crippen molar-refractivity contribution < 1.29 is 14.6 Å². The second-order valence-corrected chi connectivity index (χ2v) is 5.46. The summed E-state index contributed by atoms with van der Waals surface area (Å²) in [6, 6.07) is 5.54. The summed E-state index contributed by atoms with van der Waals surface area (Å²) in [4.78, 5) is 15.5. The fraction of sp³-hybridized carbons (Fsp3) is 0.429. The van der Waals surface area contributed by atoms with Crippen molar-refractivity contribution in [2.45, 2.75) is 39.2 Å². The first-order chi connectivity index (χ1) is 9.13. The predicted octanol–water partition coefficient (Wildman–Crippen LogP) is 3.49. The van der Waals surface area contributed by atoms with Crippen molar-refractivity contribution in [2.24, 2.45) is 0 Å². The molecule has 4 nitrogen and oxygen atoms in total. The van der Waals surface area contributed by atoms with E-state index in [2.05, 4.69) is 11.9 Å². The molecule has 0 aliphatic heterocycles. The van der Waals surface area contributed by atoms with E-state index in [9.17, 15) is 4.79 Å². The normalized spacial score (nSPS) is 12.5. The van der Waals surface area contributed by atoms with Crippen molar-refractivity contribution in [1.29, 1.82) is 0 Å². The molecule has 0 fully saturated rings. The number of aryl methyl sites for hydroxylation is 1. The van der Waals surface area contributed by atoms with Gasteiger partial charge in [0.25, 0.3) is 0 Å². The maximum Gasteiger partial charge on any atom is 0.344 e. The third kappa shape index (κ3) is 3.23. The average molecular weight is 279 g/mol. The lowest BCUT2D eigenvalue weighted by Crippen LogP contribution is -2.25. The molecule has 0 spiro atoms. The Morgan fingerprint density at radius 1 is 1.47 bits per heavy atom. The van der Waals surface area contributed by atoms with Crippen molar-refractivity contribution in [3.63, 3.8) is 0 Å². The van der Waals surface area contributed by atoms with Crippen LogP contribution in [0.25, 0.3) is 10.2 Å². The summed E-state index contributed by atoms with van der Waals surface area (Å²) in [7, 11) is 0. The molecule has 5 heteroatoms. The number of hydrogen-bond donors (Lipinski definition) is 1. The van der Waals surface area contributed by atoms with Crippen LogP contribution in [-0.2, 0) is 11.2 Å². The number of nitrogens with zero attached hydrogens (tertiary/aromatic N) is 1. The van der Waals surface area contributed by atoms with Crippen LogP contribution in [-0.4, -0.2) is 22.2 Å². The van der Waals surface area contributed by atoms with Gasteiger partial charge in [0.15, 0.2) is 6.10 Å². The van der Waals surface area contributed by atoms with Gasteiger partial charge in [-0.15, -0.1) is 11.3 Å². The largest absolute Gasteiger partial charge is 0.479 e. The molecule has 0 saturated heterocycles. The summed E-state index contributed by atoms with van der Waals surface area (Å²) in [6.07, 6.45) is 1.69. The lowest BCUT2D eigenvalue weighted by Gasteiger charge is -2.12. The summed E-state index contributed by atoms with van der Waals surface area (Å²) < 4.78 is 6.52. The Kier molecular flexibility index (Phi) is 4.37. The number of aliphatic carboxylic acids is 1. The summed E-state index contributed by atoms with van der Waals surface area (Å²) in [5.41, 5.74) is 0.948. The van der Waals surface area contributed by atoms with Crippen LogP contribution in [0.3, 0.4) is 0 Å². The zero-order valence-corrected chi connectivity index (χ0v) is 11.9. The standard InChI is InChI=1S/C14H17NO3S/c1-3-5-13-15-10-7-6-9(8-12(10)19-13)18-11(4-2)14(16)17/h6-8,11H,3-5H2,1-2H3,(H,16,17). The third-order valence-electron chi connectivity index (χ3n) is 2.79. The van der Waals surface area contributed by atoms with E-state index in [1.54, 1.807) is 24.3 Å². The molecule has 1 N–H and O–H groups in total. The van der Waals surface area contributed by atoms with E-state index in [0.717, 1.165) is 28.1 Å². The fourth-order valence-electron chi connectivity index (χ4n) is 1.82. The average Bonchev–Trinajstić information content (AvgIpc) is 2.77. The van der Waals surface area contributed by atoms with Gasteiger partial charge in [0, 0.05) is 0 Å². The molecule has 19 heavy (non-hydrogen) atoms. The van der Waals surface area contributed by atoms with Gasteiger partial charge in [-0.25, -0.2) is 9.78 Å². The molecule has 1 heterocycles. The quantitative estimate of drug-likeness (QED) is 0.879. The van der Waals surface area contributed by atoms with Crippen molar-refractivity contribution >= 4 is 27.5 Å². The van der Waals surface area contributed by atoms with Crippen LogP contribution in [0.4, 0.5) is 0 Å². The summed E-state index contributed by atoms with van der Waals surface area (Å²) in [5, 5.41) is 10.1. The van der Waals surface area contributed by atoms with Gasteiger partial charge >= 0.3 is 5.97 Å². The highest BCUT2D eigenvalue weighted by molar-refractivity contribution is 7.18. The van der Waals surface area contributed by atoms with E-state index < -0.39 is 12.1 Å². The fourth-order valence-corrected chi connectivity index (χ4v) is 2.92. The Bertz CT molecular complexity index is 579. The first-order valence-corrected chi connectivity index (χ1v) is 7.24. The zero-order valence-electron chi connectivity index (χ0n) is 11.0. The highest BCUT2D eigenvalue weighted by Crippen LogP contribution is 2.27. The smallest absolute Gasteiger partial charge is 0.344 e. The van der Waals surface area contributed by atoms with Crippen LogP contribution in [0.1, 0.15) is 31.7 Å². The van der Waals surface area contributed by atoms with Gasteiger partial charge in [-0.3, -0.25) is 0 Å². The summed E-state index contributed by atoms with van der Waals surface area (Å²) >= 11 is 1.64. The van der Waals surface area contributed by atoms with Crippen LogP contribution in [0.15, 0.2) is 18.2 Å². The molecule has 0 saturated carbocycles. The predicted molar refractivity (Wildman–Crippen MR) is 76.0 cm³/mol. The van der Waals surface area contributed by atoms with Gasteiger partial charge in [0.2, 0.25) is 0 Å². The second-order valence-electron chi connectivity index (χ2n) is 4.34. The van der Waals surface area contributed by atoms with Gasteiger partial charge in [-0.1, -0.05) is 13.8 Å². The molecule has 0 amide bonds. The van der Waals surface area contributed by atoms with Crippen molar-refractivity contribution in [3.8, 4) is 5.75 Å². The van der Waals surface area contributed by atoms with E-state index in [1.165, 1.54) is 0 Å². The SMILES string of the molecule is CCCc1nc2ccc(OC(CC)C(=O)O)cc2s1. The molecule has 1 aromatic heterocycles. The van der Waals surface area contributed by atoms with Crippen LogP contribution < -0.4 is 4.74 Å². The number of hydrogen-bond acceptors (Lipinski definition) is 4.